The number of anilines is 2. The Morgan fingerprint density at radius 1 is 1.13 bits per heavy atom. The van der Waals surface area contributed by atoms with Crippen LogP contribution in [0, 0.1) is 18.8 Å². The largest absolute Gasteiger partial charge is 0.363 e. The molecule has 1 aromatic carbocycles. The molecule has 3 heterocycles. The molecule has 0 radical (unpaired) electrons. The van der Waals surface area contributed by atoms with E-state index in [1.165, 1.54) is 36.8 Å². The van der Waals surface area contributed by atoms with Gasteiger partial charge in [-0.05, 0) is 86.9 Å². The van der Waals surface area contributed by atoms with Gasteiger partial charge in [-0.25, -0.2) is 4.98 Å². The number of nitrogens with one attached hydrogen (secondary N) is 2. The second-order valence-electron chi connectivity index (χ2n) is 9.70. The van der Waals surface area contributed by atoms with Gasteiger partial charge in [0.15, 0.2) is 0 Å². The van der Waals surface area contributed by atoms with E-state index in [9.17, 15) is 4.79 Å². The zero-order chi connectivity index (χ0) is 21.5. The summed E-state index contributed by atoms with van der Waals surface area (Å²) >= 11 is 0. The van der Waals surface area contributed by atoms with Crippen molar-refractivity contribution in [2.45, 2.75) is 64.5 Å². The van der Waals surface area contributed by atoms with Crippen LogP contribution >= 0.6 is 0 Å². The van der Waals surface area contributed by atoms with Crippen LogP contribution in [0.25, 0.3) is 0 Å². The van der Waals surface area contributed by atoms with Crippen LogP contribution in [-0.2, 0) is 4.79 Å². The lowest BCUT2D eigenvalue weighted by molar-refractivity contribution is -0.117. The third kappa shape index (κ3) is 3.96. The van der Waals surface area contributed by atoms with Gasteiger partial charge in [0.25, 0.3) is 0 Å². The van der Waals surface area contributed by atoms with Crippen LogP contribution in [-0.4, -0.2) is 30.0 Å². The lowest BCUT2D eigenvalue weighted by atomic mass is 9.78. The van der Waals surface area contributed by atoms with Crippen LogP contribution in [0.4, 0.5) is 11.5 Å². The predicted octanol–water partition coefficient (Wildman–Crippen LogP) is 4.79. The molecule has 164 valence electrons. The summed E-state index contributed by atoms with van der Waals surface area (Å²) in [4.78, 5) is 19.7. The number of hydrogen-bond acceptors (Lipinski definition) is 4. The van der Waals surface area contributed by atoms with Gasteiger partial charge in [0.05, 0.1) is 6.04 Å². The Balaban J connectivity index is 1.58. The molecule has 1 aromatic heterocycles. The topological polar surface area (TPSA) is 57.3 Å². The van der Waals surface area contributed by atoms with Gasteiger partial charge in [0.1, 0.15) is 5.82 Å². The van der Waals surface area contributed by atoms with Crippen LogP contribution in [0.3, 0.4) is 0 Å². The van der Waals surface area contributed by atoms with Crippen molar-refractivity contribution < 1.29 is 4.79 Å². The fourth-order valence-electron chi connectivity index (χ4n) is 5.78. The predicted molar refractivity (Wildman–Crippen MR) is 125 cm³/mol. The summed E-state index contributed by atoms with van der Waals surface area (Å²) in [7, 11) is 0. The SMILES string of the molecule is CC(=O)N1c2ccc(C3CCNCC3)cc2C(Nc2cccc(C)n2)[C@@H](C)C1C1CC1. The molecule has 31 heavy (non-hydrogen) atoms. The van der Waals surface area contributed by atoms with Crippen LogP contribution in [0.5, 0.6) is 0 Å². The molecule has 1 saturated heterocycles. The standard InChI is InChI=1S/C26H34N4O/c1-16-5-4-6-24(28-16)29-25-17(2)26(20-7-8-20)30(18(3)31)23-10-9-21(15-22(23)25)19-11-13-27-14-12-19/h4-6,9-10,15,17,19-20,25-27H,7-8,11-14H2,1-3H3,(H,28,29)/t17-,25?,26?/m1/s1. The number of carbonyl (C=O) groups is 1. The Labute approximate surface area is 185 Å². The van der Waals surface area contributed by atoms with Gasteiger partial charge in [-0.15, -0.1) is 0 Å². The van der Waals surface area contributed by atoms with E-state index in [-0.39, 0.29) is 18.0 Å². The Bertz CT molecular complexity index is 964. The summed E-state index contributed by atoms with van der Waals surface area (Å²) < 4.78 is 0. The monoisotopic (exact) mass is 418 g/mol. The molecule has 5 nitrogen and oxygen atoms in total. The number of benzene rings is 1. The number of pyridine rings is 1. The fourth-order valence-corrected chi connectivity index (χ4v) is 5.78. The Morgan fingerprint density at radius 3 is 2.58 bits per heavy atom. The number of aromatic nitrogens is 1. The molecular weight excluding hydrogens is 384 g/mol. The van der Waals surface area contributed by atoms with E-state index in [0.29, 0.717) is 17.8 Å². The number of aryl methyl sites for hydroxylation is 1. The second-order valence-corrected chi connectivity index (χ2v) is 9.70. The van der Waals surface area contributed by atoms with Crippen molar-refractivity contribution in [1.29, 1.82) is 0 Å². The highest BCUT2D eigenvalue weighted by molar-refractivity contribution is 5.94. The lowest BCUT2D eigenvalue weighted by Crippen LogP contribution is -2.51. The van der Waals surface area contributed by atoms with Gasteiger partial charge in [0, 0.05) is 30.3 Å². The molecule has 1 aliphatic carbocycles. The summed E-state index contributed by atoms with van der Waals surface area (Å²) in [6.07, 6.45) is 4.79. The number of nitrogens with zero attached hydrogens (tertiary/aromatic N) is 2. The average Bonchev–Trinajstić information content (AvgIpc) is 3.60. The van der Waals surface area contributed by atoms with E-state index in [2.05, 4.69) is 52.8 Å². The van der Waals surface area contributed by atoms with Crippen LogP contribution < -0.4 is 15.5 Å². The molecule has 2 unspecified atom stereocenters. The van der Waals surface area contributed by atoms with E-state index in [4.69, 9.17) is 4.98 Å². The van der Waals surface area contributed by atoms with E-state index >= 15 is 0 Å². The normalized spacial score (nSPS) is 26.4. The van der Waals surface area contributed by atoms with Crippen LogP contribution in [0.2, 0.25) is 0 Å². The number of fused-ring (bicyclic) bond motifs is 1. The van der Waals surface area contributed by atoms with E-state index in [1.54, 1.807) is 6.92 Å². The van der Waals surface area contributed by atoms with Crippen LogP contribution in [0.1, 0.15) is 68.3 Å². The third-order valence-corrected chi connectivity index (χ3v) is 7.46. The molecule has 1 amide bonds. The van der Waals surface area contributed by atoms with E-state index in [1.807, 2.05) is 13.0 Å². The summed E-state index contributed by atoms with van der Waals surface area (Å²) in [6.45, 7) is 8.23. The molecule has 1 saturated carbocycles. The van der Waals surface area contributed by atoms with Gasteiger partial charge < -0.3 is 15.5 Å². The van der Waals surface area contributed by atoms with Crippen molar-refractivity contribution in [1.82, 2.24) is 10.3 Å². The molecule has 5 heteroatoms. The molecule has 0 bridgehead atoms. The summed E-state index contributed by atoms with van der Waals surface area (Å²) in [6, 6.07) is 13.4. The van der Waals surface area contributed by atoms with Gasteiger partial charge in [-0.1, -0.05) is 25.1 Å². The number of rotatable bonds is 4. The third-order valence-electron chi connectivity index (χ3n) is 7.46. The molecule has 0 spiro atoms. The first kappa shape index (κ1) is 20.5. The second kappa shape index (κ2) is 8.27. The molecule has 2 aromatic rings. The first-order chi connectivity index (χ1) is 15.0. The van der Waals surface area contributed by atoms with Gasteiger partial charge in [0.2, 0.25) is 5.91 Å². The minimum atomic E-state index is 0.146. The lowest BCUT2D eigenvalue weighted by Gasteiger charge is -2.46. The molecule has 2 N–H and O–H groups in total. The molecule has 3 aliphatic rings. The zero-order valence-electron chi connectivity index (χ0n) is 18.9. The highest BCUT2D eigenvalue weighted by Crippen LogP contribution is 2.50. The average molecular weight is 419 g/mol. The summed E-state index contributed by atoms with van der Waals surface area (Å²) in [5.74, 6) is 2.58. The smallest absolute Gasteiger partial charge is 0.224 e. The van der Waals surface area contributed by atoms with Crippen molar-refractivity contribution in [3.05, 3.63) is 53.2 Å². The Hall–Kier alpha value is -2.40. The summed E-state index contributed by atoms with van der Waals surface area (Å²) in [5, 5.41) is 7.24. The number of hydrogen-bond donors (Lipinski definition) is 2. The van der Waals surface area contributed by atoms with E-state index in [0.717, 1.165) is 30.3 Å². The molecular formula is C26H34N4O. The summed E-state index contributed by atoms with van der Waals surface area (Å²) in [5.41, 5.74) is 4.76. The van der Waals surface area contributed by atoms with Gasteiger partial charge >= 0.3 is 0 Å². The molecule has 2 aliphatic heterocycles. The maximum absolute atomic E-state index is 12.8. The Morgan fingerprint density at radius 2 is 1.90 bits per heavy atom. The van der Waals surface area contributed by atoms with Crippen LogP contribution in [0.15, 0.2) is 36.4 Å². The van der Waals surface area contributed by atoms with E-state index < -0.39 is 0 Å². The minimum Gasteiger partial charge on any atom is -0.363 e. The van der Waals surface area contributed by atoms with Gasteiger partial charge in [-0.3, -0.25) is 4.79 Å². The molecule has 5 rings (SSSR count). The fraction of sp³-hybridized carbons (Fsp3) is 0.538. The van der Waals surface area contributed by atoms with Gasteiger partial charge in [-0.2, -0.15) is 0 Å². The zero-order valence-corrected chi connectivity index (χ0v) is 18.9. The quantitative estimate of drug-likeness (QED) is 0.749. The maximum atomic E-state index is 12.8. The number of piperidine rings is 1. The molecule has 3 atom stereocenters. The number of amides is 1. The van der Waals surface area contributed by atoms with Crippen molar-refractivity contribution in [2.24, 2.45) is 11.8 Å². The van der Waals surface area contributed by atoms with Crippen molar-refractivity contribution in [3.63, 3.8) is 0 Å². The minimum absolute atomic E-state index is 0.146. The maximum Gasteiger partial charge on any atom is 0.224 e. The van der Waals surface area contributed by atoms with Crippen molar-refractivity contribution >= 4 is 17.4 Å². The first-order valence-electron chi connectivity index (χ1n) is 11.9. The highest BCUT2D eigenvalue weighted by atomic mass is 16.2. The first-order valence-corrected chi connectivity index (χ1v) is 11.9. The van der Waals surface area contributed by atoms with Crippen molar-refractivity contribution in [2.75, 3.05) is 23.3 Å². The number of carbonyl (C=O) groups excluding carboxylic acids is 1. The Kier molecular flexibility index (Phi) is 5.47. The van der Waals surface area contributed by atoms with Crippen molar-refractivity contribution in [3.8, 4) is 0 Å². The molecule has 2 fully saturated rings. The highest BCUT2D eigenvalue weighted by Gasteiger charge is 2.47.